The fourth-order valence-corrected chi connectivity index (χ4v) is 1.25. The molecule has 0 N–H and O–H groups in total. The van der Waals surface area contributed by atoms with E-state index in [0.717, 1.165) is 0 Å². The first-order valence-corrected chi connectivity index (χ1v) is 4.71. The van der Waals surface area contributed by atoms with E-state index >= 15 is 0 Å². The minimum atomic E-state index is 1.17. The molecular formula is C13H17N. The summed E-state index contributed by atoms with van der Waals surface area (Å²) >= 11 is 0. The monoisotopic (exact) mass is 187 g/mol. The summed E-state index contributed by atoms with van der Waals surface area (Å²) in [5, 5.41) is 0. The van der Waals surface area contributed by atoms with Crippen molar-refractivity contribution >= 4 is 12.2 Å². The van der Waals surface area contributed by atoms with Gasteiger partial charge in [0, 0.05) is 14.1 Å². The van der Waals surface area contributed by atoms with Gasteiger partial charge in [-0.25, -0.2) is 0 Å². The van der Waals surface area contributed by atoms with Crippen LogP contribution < -0.4 is 0 Å². The molecule has 1 aromatic rings. The average molecular weight is 187 g/mol. The Bertz CT molecular complexity index is 348. The Hall–Kier alpha value is -1.50. The molecule has 0 aliphatic rings. The highest BCUT2D eigenvalue weighted by Crippen LogP contribution is 2.14. The van der Waals surface area contributed by atoms with E-state index in [4.69, 9.17) is 0 Å². The molecule has 0 bridgehead atoms. The highest BCUT2D eigenvalue weighted by atomic mass is 15.0. The second kappa shape index (κ2) is 4.66. The number of rotatable bonds is 3. The van der Waals surface area contributed by atoms with Crippen molar-refractivity contribution in [3.8, 4) is 0 Å². The fourth-order valence-electron chi connectivity index (χ4n) is 1.25. The van der Waals surface area contributed by atoms with Crippen molar-refractivity contribution in [2.45, 2.75) is 6.92 Å². The molecule has 0 aliphatic carbocycles. The van der Waals surface area contributed by atoms with Crippen molar-refractivity contribution in [3.63, 3.8) is 0 Å². The van der Waals surface area contributed by atoms with E-state index in [1.807, 2.05) is 31.3 Å². The third-order valence-electron chi connectivity index (χ3n) is 2.01. The average Bonchev–Trinajstić information content (AvgIpc) is 2.15. The summed E-state index contributed by atoms with van der Waals surface area (Å²) in [6.07, 6.45) is 6.03. The van der Waals surface area contributed by atoms with E-state index in [2.05, 4.69) is 37.8 Å². The van der Waals surface area contributed by atoms with Gasteiger partial charge in [0.1, 0.15) is 0 Å². The van der Waals surface area contributed by atoms with Gasteiger partial charge in [-0.05, 0) is 30.3 Å². The van der Waals surface area contributed by atoms with Crippen LogP contribution in [0.3, 0.4) is 0 Å². The molecule has 1 nitrogen and oxygen atoms in total. The summed E-state index contributed by atoms with van der Waals surface area (Å²) in [7, 11) is 4.03. The smallest absolute Gasteiger partial charge is 0.00556 e. The van der Waals surface area contributed by atoms with Crippen LogP contribution in [0.25, 0.3) is 12.2 Å². The molecule has 1 rings (SSSR count). The number of aryl methyl sites for hydroxylation is 1. The van der Waals surface area contributed by atoms with Gasteiger partial charge in [-0.3, -0.25) is 0 Å². The van der Waals surface area contributed by atoms with Crippen LogP contribution in [-0.4, -0.2) is 19.0 Å². The number of hydrogen-bond acceptors (Lipinski definition) is 1. The highest BCUT2D eigenvalue weighted by molar-refractivity contribution is 5.64. The molecule has 0 spiro atoms. The zero-order chi connectivity index (χ0) is 10.6. The normalized spacial score (nSPS) is 10.5. The van der Waals surface area contributed by atoms with Crippen LogP contribution in [0.5, 0.6) is 0 Å². The molecule has 0 aliphatic heterocycles. The van der Waals surface area contributed by atoms with E-state index in [1.54, 1.807) is 0 Å². The summed E-state index contributed by atoms with van der Waals surface area (Å²) in [4.78, 5) is 2.02. The minimum Gasteiger partial charge on any atom is -0.383 e. The molecular weight excluding hydrogens is 170 g/mol. The summed E-state index contributed by atoms with van der Waals surface area (Å²) in [6, 6.07) is 6.36. The van der Waals surface area contributed by atoms with E-state index in [9.17, 15) is 0 Å². The lowest BCUT2D eigenvalue weighted by molar-refractivity contribution is 0.567. The Morgan fingerprint density at radius 3 is 2.50 bits per heavy atom. The van der Waals surface area contributed by atoms with Crippen molar-refractivity contribution in [1.29, 1.82) is 0 Å². The molecule has 14 heavy (non-hydrogen) atoms. The van der Waals surface area contributed by atoms with Crippen molar-refractivity contribution in [2.75, 3.05) is 14.1 Å². The zero-order valence-electron chi connectivity index (χ0n) is 9.12. The first kappa shape index (κ1) is 10.6. The number of benzene rings is 1. The Morgan fingerprint density at radius 1 is 1.21 bits per heavy atom. The number of nitrogens with zero attached hydrogens (tertiary/aromatic N) is 1. The predicted molar refractivity (Wildman–Crippen MR) is 64.0 cm³/mol. The fraction of sp³-hybridized carbons (Fsp3) is 0.231. The Balaban J connectivity index is 3.04. The standard InChI is InChI=1S/C13H17N/c1-5-12-7-6-11(2)10-13(12)8-9-14(3)4/h5-10H,1H2,2-4H3/b9-8-. The first-order valence-electron chi connectivity index (χ1n) is 4.71. The van der Waals surface area contributed by atoms with Crippen LogP contribution >= 0.6 is 0 Å². The van der Waals surface area contributed by atoms with Gasteiger partial charge < -0.3 is 4.90 Å². The molecule has 0 saturated heterocycles. The summed E-state index contributed by atoms with van der Waals surface area (Å²) < 4.78 is 0. The van der Waals surface area contributed by atoms with Crippen LogP contribution in [0, 0.1) is 6.92 Å². The molecule has 0 atom stereocenters. The van der Waals surface area contributed by atoms with Gasteiger partial charge in [0.2, 0.25) is 0 Å². The van der Waals surface area contributed by atoms with Crippen LogP contribution in [0.2, 0.25) is 0 Å². The van der Waals surface area contributed by atoms with Crippen molar-refractivity contribution in [1.82, 2.24) is 4.90 Å². The number of hydrogen-bond donors (Lipinski definition) is 0. The Morgan fingerprint density at radius 2 is 1.93 bits per heavy atom. The zero-order valence-corrected chi connectivity index (χ0v) is 9.12. The van der Waals surface area contributed by atoms with E-state index in [-0.39, 0.29) is 0 Å². The molecule has 0 unspecified atom stereocenters. The van der Waals surface area contributed by atoms with Crippen molar-refractivity contribution < 1.29 is 0 Å². The lowest BCUT2D eigenvalue weighted by atomic mass is 10.0. The van der Waals surface area contributed by atoms with Crippen molar-refractivity contribution in [3.05, 3.63) is 47.7 Å². The summed E-state index contributed by atoms with van der Waals surface area (Å²) in [5.41, 5.74) is 3.66. The van der Waals surface area contributed by atoms with E-state index in [1.165, 1.54) is 16.7 Å². The van der Waals surface area contributed by atoms with Crippen molar-refractivity contribution in [2.24, 2.45) is 0 Å². The van der Waals surface area contributed by atoms with Gasteiger partial charge in [0.05, 0.1) is 0 Å². The first-order chi connectivity index (χ1) is 6.63. The van der Waals surface area contributed by atoms with E-state index < -0.39 is 0 Å². The lowest BCUT2D eigenvalue weighted by Gasteiger charge is -2.06. The molecule has 1 heteroatoms. The van der Waals surface area contributed by atoms with Gasteiger partial charge in [-0.15, -0.1) is 0 Å². The molecule has 74 valence electrons. The third kappa shape index (κ3) is 2.77. The van der Waals surface area contributed by atoms with Crippen LogP contribution in [0.4, 0.5) is 0 Å². The molecule has 0 fully saturated rings. The third-order valence-corrected chi connectivity index (χ3v) is 2.01. The van der Waals surface area contributed by atoms with Gasteiger partial charge in [-0.2, -0.15) is 0 Å². The highest BCUT2D eigenvalue weighted by Gasteiger charge is 1.95. The molecule has 0 radical (unpaired) electrons. The second-order valence-corrected chi connectivity index (χ2v) is 3.62. The molecule has 0 saturated carbocycles. The molecule has 0 heterocycles. The Kier molecular flexibility index (Phi) is 3.52. The predicted octanol–water partition coefficient (Wildman–Crippen LogP) is 3.17. The SMILES string of the molecule is C=Cc1ccc(C)cc1/C=C\N(C)C. The summed E-state index contributed by atoms with van der Waals surface area (Å²) in [6.45, 7) is 5.90. The van der Waals surface area contributed by atoms with E-state index in [0.29, 0.717) is 0 Å². The molecule has 0 aromatic heterocycles. The van der Waals surface area contributed by atoms with Gasteiger partial charge >= 0.3 is 0 Å². The minimum absolute atomic E-state index is 1.17. The molecule has 1 aromatic carbocycles. The summed E-state index contributed by atoms with van der Waals surface area (Å²) in [5.74, 6) is 0. The van der Waals surface area contributed by atoms with Gasteiger partial charge in [0.25, 0.3) is 0 Å². The molecule has 0 amide bonds. The second-order valence-electron chi connectivity index (χ2n) is 3.62. The van der Waals surface area contributed by atoms with Crippen LogP contribution in [0.1, 0.15) is 16.7 Å². The Labute approximate surface area is 86.4 Å². The topological polar surface area (TPSA) is 3.24 Å². The van der Waals surface area contributed by atoms with Gasteiger partial charge in [-0.1, -0.05) is 36.4 Å². The lowest BCUT2D eigenvalue weighted by Crippen LogP contribution is -1.99. The van der Waals surface area contributed by atoms with Gasteiger partial charge in [0.15, 0.2) is 0 Å². The van der Waals surface area contributed by atoms with Crippen LogP contribution in [0.15, 0.2) is 31.0 Å². The quantitative estimate of drug-likeness (QED) is 0.702. The maximum absolute atomic E-state index is 3.80. The van der Waals surface area contributed by atoms with Crippen LogP contribution in [-0.2, 0) is 0 Å². The maximum atomic E-state index is 3.80. The maximum Gasteiger partial charge on any atom is 0.00556 e. The largest absolute Gasteiger partial charge is 0.383 e.